The van der Waals surface area contributed by atoms with Crippen LogP contribution in [0, 0.1) is 0 Å². The first kappa shape index (κ1) is 14.9. The number of hydrogen-bond donors (Lipinski definition) is 1. The van der Waals surface area contributed by atoms with Gasteiger partial charge in [0.05, 0.1) is 5.02 Å². The van der Waals surface area contributed by atoms with Gasteiger partial charge in [-0.1, -0.05) is 18.5 Å². The lowest BCUT2D eigenvalue weighted by atomic mass is 10.1. The fraction of sp³-hybridized carbons (Fsp3) is 0.643. The molecule has 0 saturated carbocycles. The zero-order valence-corrected chi connectivity index (χ0v) is 13.4. The van der Waals surface area contributed by atoms with Crippen molar-refractivity contribution in [3.8, 4) is 0 Å². The summed E-state index contributed by atoms with van der Waals surface area (Å²) >= 11 is 8.23. The minimum Gasteiger partial charge on any atom is -0.354 e. The highest BCUT2D eigenvalue weighted by Crippen LogP contribution is 2.32. The Balaban J connectivity index is 2.15. The van der Waals surface area contributed by atoms with E-state index >= 15 is 0 Å². The smallest absolute Gasteiger partial charge is 0.128 e. The average Bonchev–Trinajstić information content (AvgIpc) is 2.36. The molecule has 106 valence electrons. The minimum atomic E-state index is 0.293. The van der Waals surface area contributed by atoms with Crippen LogP contribution >= 0.6 is 23.4 Å². The predicted octanol–water partition coefficient (Wildman–Crippen LogP) is 3.18. The van der Waals surface area contributed by atoms with Crippen molar-refractivity contribution < 1.29 is 0 Å². The average molecular weight is 300 g/mol. The van der Waals surface area contributed by atoms with E-state index in [-0.39, 0.29) is 0 Å². The summed E-state index contributed by atoms with van der Waals surface area (Å²) in [6.45, 7) is 10.5. The molecule has 0 radical (unpaired) electrons. The number of nitrogens with zero attached hydrogens (tertiary/aromatic N) is 2. The third kappa shape index (κ3) is 4.01. The second-order valence-electron chi connectivity index (χ2n) is 5.44. The van der Waals surface area contributed by atoms with Crippen LogP contribution in [0.3, 0.4) is 0 Å². The molecular formula is C14H22ClN3S. The summed E-state index contributed by atoms with van der Waals surface area (Å²) in [5.74, 6) is 2.20. The zero-order valence-electron chi connectivity index (χ0n) is 11.9. The number of halogens is 1. The first-order valence-corrected chi connectivity index (χ1v) is 8.12. The van der Waals surface area contributed by atoms with Crippen LogP contribution in [0.1, 0.15) is 26.3 Å². The molecule has 1 aliphatic rings. The van der Waals surface area contributed by atoms with E-state index in [1.165, 1.54) is 0 Å². The van der Waals surface area contributed by atoms with Gasteiger partial charge in [0.25, 0.3) is 0 Å². The Morgan fingerprint density at radius 2 is 2.32 bits per heavy atom. The Bertz CT molecular complexity index is 437. The molecule has 0 spiro atoms. The van der Waals surface area contributed by atoms with Crippen LogP contribution in [0.2, 0.25) is 5.02 Å². The van der Waals surface area contributed by atoms with Gasteiger partial charge in [-0.3, -0.25) is 0 Å². The fourth-order valence-electron chi connectivity index (χ4n) is 2.25. The van der Waals surface area contributed by atoms with E-state index in [9.17, 15) is 0 Å². The van der Waals surface area contributed by atoms with Crippen LogP contribution in [0.5, 0.6) is 0 Å². The number of pyridine rings is 1. The Kier molecular flexibility index (Phi) is 4.98. The zero-order chi connectivity index (χ0) is 13.9. The van der Waals surface area contributed by atoms with Crippen molar-refractivity contribution in [1.29, 1.82) is 0 Å². The molecular weight excluding hydrogens is 278 g/mol. The maximum atomic E-state index is 6.20. The van der Waals surface area contributed by atoms with Gasteiger partial charge in [-0.2, -0.15) is 11.8 Å². The van der Waals surface area contributed by atoms with E-state index in [1.54, 1.807) is 6.20 Å². The van der Waals surface area contributed by atoms with E-state index < -0.39 is 0 Å². The number of anilines is 1. The van der Waals surface area contributed by atoms with Crippen LogP contribution in [-0.2, 0) is 6.54 Å². The topological polar surface area (TPSA) is 28.2 Å². The van der Waals surface area contributed by atoms with E-state index in [2.05, 4.69) is 42.0 Å². The molecule has 1 aliphatic heterocycles. The van der Waals surface area contributed by atoms with Crippen molar-refractivity contribution in [2.75, 3.05) is 30.3 Å². The molecule has 0 aromatic carbocycles. The van der Waals surface area contributed by atoms with Gasteiger partial charge in [0.2, 0.25) is 0 Å². The van der Waals surface area contributed by atoms with E-state index in [1.807, 2.05) is 11.8 Å². The first-order chi connectivity index (χ1) is 9.02. The quantitative estimate of drug-likeness (QED) is 0.924. The van der Waals surface area contributed by atoms with Crippen LogP contribution < -0.4 is 10.2 Å². The highest BCUT2D eigenvalue weighted by atomic mass is 35.5. The maximum absolute atomic E-state index is 6.20. The summed E-state index contributed by atoms with van der Waals surface area (Å²) in [5.41, 5.74) is 1.13. The summed E-state index contributed by atoms with van der Waals surface area (Å²) in [6.07, 6.45) is 1.78. The highest BCUT2D eigenvalue weighted by Gasteiger charge is 2.27. The third-order valence-corrected chi connectivity index (χ3v) is 4.87. The van der Waals surface area contributed by atoms with Gasteiger partial charge < -0.3 is 10.2 Å². The lowest BCUT2D eigenvalue weighted by Crippen LogP contribution is -2.43. The Morgan fingerprint density at radius 1 is 1.53 bits per heavy atom. The molecule has 3 nitrogen and oxygen atoms in total. The van der Waals surface area contributed by atoms with Crippen LogP contribution in [0.15, 0.2) is 12.3 Å². The molecule has 5 heteroatoms. The van der Waals surface area contributed by atoms with Gasteiger partial charge >= 0.3 is 0 Å². The largest absolute Gasteiger partial charge is 0.354 e. The first-order valence-electron chi connectivity index (χ1n) is 6.76. The van der Waals surface area contributed by atoms with E-state index in [0.29, 0.717) is 4.75 Å². The molecule has 0 bridgehead atoms. The summed E-state index contributed by atoms with van der Waals surface area (Å²) in [7, 11) is 0. The van der Waals surface area contributed by atoms with Crippen LogP contribution in [-0.4, -0.2) is 35.1 Å². The second-order valence-corrected chi connectivity index (χ2v) is 7.65. The molecule has 2 heterocycles. The summed E-state index contributed by atoms with van der Waals surface area (Å²) in [4.78, 5) is 6.86. The van der Waals surface area contributed by atoms with Crippen molar-refractivity contribution in [3.05, 3.63) is 22.8 Å². The van der Waals surface area contributed by atoms with Crippen molar-refractivity contribution in [1.82, 2.24) is 10.3 Å². The lowest BCUT2D eigenvalue weighted by Gasteiger charge is -2.38. The normalized spacial score (nSPS) is 18.6. The van der Waals surface area contributed by atoms with Crippen molar-refractivity contribution in [2.45, 2.75) is 32.1 Å². The second kappa shape index (κ2) is 6.33. The molecule has 0 atom stereocenters. The summed E-state index contributed by atoms with van der Waals surface area (Å²) < 4.78 is 0.293. The van der Waals surface area contributed by atoms with Crippen molar-refractivity contribution >= 4 is 29.2 Å². The third-order valence-electron chi connectivity index (χ3n) is 3.24. The van der Waals surface area contributed by atoms with Gasteiger partial charge in [0.1, 0.15) is 5.82 Å². The Hall–Kier alpha value is -0.450. The monoisotopic (exact) mass is 299 g/mol. The highest BCUT2D eigenvalue weighted by molar-refractivity contribution is 8.00. The van der Waals surface area contributed by atoms with Gasteiger partial charge in [-0.25, -0.2) is 4.98 Å². The molecule has 1 fully saturated rings. The fourth-order valence-corrected chi connectivity index (χ4v) is 3.53. The number of thioether (sulfide) groups is 1. The minimum absolute atomic E-state index is 0.293. The summed E-state index contributed by atoms with van der Waals surface area (Å²) in [5, 5.41) is 4.06. The van der Waals surface area contributed by atoms with Crippen molar-refractivity contribution in [2.24, 2.45) is 0 Å². The molecule has 0 amide bonds. The molecule has 0 unspecified atom stereocenters. The maximum Gasteiger partial charge on any atom is 0.128 e. The molecule has 1 saturated heterocycles. The van der Waals surface area contributed by atoms with Gasteiger partial charge in [0.15, 0.2) is 0 Å². The summed E-state index contributed by atoms with van der Waals surface area (Å²) in [6, 6.07) is 2.12. The Labute approximate surface area is 125 Å². The number of rotatable bonds is 4. The van der Waals surface area contributed by atoms with Gasteiger partial charge in [-0.05, 0) is 32.0 Å². The molecule has 0 aliphatic carbocycles. The van der Waals surface area contributed by atoms with Gasteiger partial charge in [0, 0.05) is 36.3 Å². The van der Waals surface area contributed by atoms with E-state index in [4.69, 9.17) is 11.6 Å². The number of hydrogen-bond acceptors (Lipinski definition) is 4. The molecule has 2 rings (SSSR count). The van der Waals surface area contributed by atoms with E-state index in [0.717, 1.165) is 48.3 Å². The SMILES string of the molecule is CCNCc1cc(N2CCSC(C)(C)C2)ncc1Cl. The standard InChI is InChI=1S/C14H22ClN3S/c1-4-16-8-11-7-13(17-9-12(11)15)18-5-6-19-14(2,3)10-18/h7,9,16H,4-6,8,10H2,1-3H3. The predicted molar refractivity (Wildman–Crippen MR) is 85.4 cm³/mol. The number of nitrogens with one attached hydrogen (secondary N) is 1. The Morgan fingerprint density at radius 3 is 3.00 bits per heavy atom. The molecule has 1 N–H and O–H groups in total. The van der Waals surface area contributed by atoms with Crippen molar-refractivity contribution in [3.63, 3.8) is 0 Å². The molecule has 1 aromatic rings. The van der Waals surface area contributed by atoms with Crippen LogP contribution in [0.25, 0.3) is 0 Å². The lowest BCUT2D eigenvalue weighted by molar-refractivity contribution is 0.641. The molecule has 19 heavy (non-hydrogen) atoms. The van der Waals surface area contributed by atoms with Gasteiger partial charge in [-0.15, -0.1) is 0 Å². The van der Waals surface area contributed by atoms with Crippen LogP contribution in [0.4, 0.5) is 5.82 Å². The molecule has 1 aromatic heterocycles. The number of aromatic nitrogens is 1.